The highest BCUT2D eigenvalue weighted by Crippen LogP contribution is 2.29. The maximum atomic E-state index is 13.3. The van der Waals surface area contributed by atoms with Crippen LogP contribution in [0.5, 0.6) is 0 Å². The van der Waals surface area contributed by atoms with Gasteiger partial charge in [-0.3, -0.25) is 48.4 Å². The predicted octanol–water partition coefficient (Wildman–Crippen LogP) is -3.22. The molecule has 5 N–H and O–H groups in total. The summed E-state index contributed by atoms with van der Waals surface area (Å²) in [6.45, 7) is 5.40. The number of aliphatic carboxylic acids is 1. The fraction of sp³-hybridized carbons (Fsp3) is 0.818. The molecule has 52 heavy (non-hydrogen) atoms. The predicted molar refractivity (Wildman–Crippen MR) is 184 cm³/mol. The van der Waals surface area contributed by atoms with E-state index in [4.69, 9.17) is 9.47 Å². The first-order chi connectivity index (χ1) is 24.8. The number of rotatable bonds is 10. The lowest BCUT2D eigenvalue weighted by atomic mass is 9.77. The molecule has 19 heteroatoms. The van der Waals surface area contributed by atoms with Crippen LogP contribution in [0.3, 0.4) is 0 Å². The third kappa shape index (κ3) is 11.3. The topological polar surface area (TPSA) is 222 Å². The third-order valence-electron chi connectivity index (χ3n) is 11.0. The van der Waals surface area contributed by atoms with Crippen LogP contribution in [0.4, 0.5) is 0 Å². The minimum Gasteiger partial charge on any atom is -0.480 e. The van der Waals surface area contributed by atoms with Crippen molar-refractivity contribution in [3.05, 3.63) is 0 Å². The molecule has 4 saturated heterocycles. The van der Waals surface area contributed by atoms with E-state index in [1.165, 1.54) is 4.90 Å². The summed E-state index contributed by atoms with van der Waals surface area (Å²) >= 11 is 0. The first-order valence-electron chi connectivity index (χ1n) is 18.6. The minimum atomic E-state index is -1.62. The van der Waals surface area contributed by atoms with Crippen LogP contribution in [0.2, 0.25) is 0 Å². The first-order valence-corrected chi connectivity index (χ1v) is 18.6. The van der Waals surface area contributed by atoms with Crippen LogP contribution < -0.4 is 10.6 Å². The number of carbonyl (C=O) groups excluding carboxylic acids is 5. The van der Waals surface area contributed by atoms with Crippen molar-refractivity contribution in [2.75, 3.05) is 91.6 Å². The van der Waals surface area contributed by atoms with E-state index in [1.807, 2.05) is 14.7 Å². The number of carbonyl (C=O) groups is 6. The number of likely N-dealkylation sites (tertiary alicyclic amines) is 1. The highest BCUT2D eigenvalue weighted by atomic mass is 16.7. The Bertz CT molecular complexity index is 1290. The summed E-state index contributed by atoms with van der Waals surface area (Å²) in [5.41, 5.74) is 0. The second-order valence-electron chi connectivity index (χ2n) is 14.9. The zero-order valence-corrected chi connectivity index (χ0v) is 30.0. The fourth-order valence-electron chi connectivity index (χ4n) is 8.02. The Balaban J connectivity index is 1.14. The van der Waals surface area contributed by atoms with E-state index in [2.05, 4.69) is 10.6 Å². The van der Waals surface area contributed by atoms with Crippen molar-refractivity contribution in [1.82, 2.24) is 35.1 Å². The van der Waals surface area contributed by atoms with Crippen molar-refractivity contribution >= 4 is 42.7 Å². The molecule has 6 atom stereocenters. The molecule has 1 aliphatic carbocycles. The molecule has 0 radical (unpaired) electrons. The van der Waals surface area contributed by atoms with Crippen LogP contribution in [0.15, 0.2) is 0 Å². The molecule has 1 saturated carbocycles. The lowest BCUT2D eigenvalue weighted by Crippen LogP contribution is -2.53. The largest absolute Gasteiger partial charge is 0.480 e. The second kappa shape index (κ2) is 18.6. The van der Waals surface area contributed by atoms with Crippen molar-refractivity contribution < 1.29 is 53.4 Å². The van der Waals surface area contributed by atoms with Gasteiger partial charge in [0.2, 0.25) is 17.7 Å². The van der Waals surface area contributed by atoms with Crippen LogP contribution in [0.25, 0.3) is 0 Å². The zero-order chi connectivity index (χ0) is 37.4. The fourth-order valence-corrected chi connectivity index (χ4v) is 8.02. The number of nitrogens with one attached hydrogen (secondary N) is 2. The molecule has 0 aromatic carbocycles. The quantitative estimate of drug-likeness (QED) is 0.110. The van der Waals surface area contributed by atoms with Gasteiger partial charge in [0.15, 0.2) is 0 Å². The molecular formula is C33H54BN7O11. The molecule has 4 unspecified atom stereocenters. The van der Waals surface area contributed by atoms with Crippen molar-refractivity contribution in [3.63, 3.8) is 0 Å². The number of nitrogens with zero attached hydrogens (tertiary/aromatic N) is 5. The monoisotopic (exact) mass is 735 g/mol. The van der Waals surface area contributed by atoms with Gasteiger partial charge in [0.1, 0.15) is 6.04 Å². The zero-order valence-electron chi connectivity index (χ0n) is 30.0. The van der Waals surface area contributed by atoms with Gasteiger partial charge in [0.25, 0.3) is 6.29 Å². The van der Waals surface area contributed by atoms with E-state index in [0.717, 1.165) is 12.8 Å². The number of hydrogen-bond donors (Lipinski definition) is 5. The number of carboxylic acids is 1. The van der Waals surface area contributed by atoms with Crippen LogP contribution >= 0.6 is 0 Å². The summed E-state index contributed by atoms with van der Waals surface area (Å²) in [6, 6.07) is -0.781. The van der Waals surface area contributed by atoms with Gasteiger partial charge in [-0.2, -0.15) is 0 Å². The molecule has 5 aliphatic rings. The molecule has 3 amide bonds. The van der Waals surface area contributed by atoms with Crippen LogP contribution in [0, 0.1) is 17.8 Å². The van der Waals surface area contributed by atoms with Gasteiger partial charge in [-0.25, -0.2) is 0 Å². The number of ether oxygens (including phenoxy) is 2. The molecule has 4 heterocycles. The van der Waals surface area contributed by atoms with E-state index >= 15 is 0 Å². The van der Waals surface area contributed by atoms with Crippen molar-refractivity contribution in [2.24, 2.45) is 17.8 Å². The van der Waals surface area contributed by atoms with Crippen LogP contribution in [-0.4, -0.2) is 192 Å². The van der Waals surface area contributed by atoms with Crippen molar-refractivity contribution in [1.29, 1.82) is 0 Å². The normalized spacial score (nSPS) is 31.4. The van der Waals surface area contributed by atoms with Gasteiger partial charge in [0, 0.05) is 71.4 Å². The maximum absolute atomic E-state index is 13.3. The SMILES string of the molecule is C[C@@H](NC(=O)C1CCC(CNC(=O)CN2CCN3CCN4CCN(CC(=O)O)CC(C2)C(OC(=O)C4)OC(=O)C3)CC1)C(=O)N1CCC[C@H]1B(O)O. The first kappa shape index (κ1) is 39.8. The van der Waals surface area contributed by atoms with Gasteiger partial charge in [-0.15, -0.1) is 0 Å². The number of amides is 3. The highest BCUT2D eigenvalue weighted by Gasteiger charge is 2.40. The summed E-state index contributed by atoms with van der Waals surface area (Å²) < 4.78 is 11.4. The molecule has 18 nitrogen and oxygen atoms in total. The van der Waals surface area contributed by atoms with Crippen LogP contribution in [-0.2, 0) is 38.2 Å². The Kier molecular flexibility index (Phi) is 14.3. The van der Waals surface area contributed by atoms with E-state index in [0.29, 0.717) is 78.0 Å². The van der Waals surface area contributed by atoms with Gasteiger partial charge in [0.05, 0.1) is 38.0 Å². The number of carboxylic acid groups (broad SMARTS) is 1. The smallest absolute Gasteiger partial charge is 0.475 e. The Hall–Kier alpha value is -3.36. The molecule has 0 spiro atoms. The minimum absolute atomic E-state index is 0.00381. The van der Waals surface area contributed by atoms with Gasteiger partial charge >= 0.3 is 25.0 Å². The lowest BCUT2D eigenvalue weighted by Gasteiger charge is -2.37. The Morgan fingerprint density at radius 3 is 1.98 bits per heavy atom. The van der Waals surface area contributed by atoms with E-state index in [-0.39, 0.29) is 68.8 Å². The van der Waals surface area contributed by atoms with E-state index in [1.54, 1.807) is 11.8 Å². The van der Waals surface area contributed by atoms with Gasteiger partial charge in [-0.05, 0) is 51.4 Å². The Morgan fingerprint density at radius 2 is 1.40 bits per heavy atom. The van der Waals surface area contributed by atoms with Crippen molar-refractivity contribution in [2.45, 2.75) is 63.7 Å². The third-order valence-corrected chi connectivity index (χ3v) is 11.0. The summed E-state index contributed by atoms with van der Waals surface area (Å²) in [5, 5.41) is 34.7. The van der Waals surface area contributed by atoms with Crippen LogP contribution in [0.1, 0.15) is 45.4 Å². The lowest BCUT2D eigenvalue weighted by molar-refractivity contribution is -0.203. The molecule has 290 valence electrons. The summed E-state index contributed by atoms with van der Waals surface area (Å²) in [4.78, 5) is 85.8. The summed E-state index contributed by atoms with van der Waals surface area (Å²) in [6.07, 6.45) is 2.61. The number of hydrogen-bond acceptors (Lipinski definition) is 14. The molecule has 5 fully saturated rings. The van der Waals surface area contributed by atoms with Gasteiger partial charge in [-0.1, -0.05) is 0 Å². The van der Waals surface area contributed by atoms with E-state index < -0.39 is 49.2 Å². The molecule has 4 aliphatic heterocycles. The summed E-state index contributed by atoms with van der Waals surface area (Å²) in [7, 11) is -1.62. The van der Waals surface area contributed by atoms with Crippen molar-refractivity contribution in [3.8, 4) is 0 Å². The average Bonchev–Trinajstić information content (AvgIpc) is 3.59. The Labute approximate surface area is 304 Å². The standard InChI is InChI=1S/C33H54BN7O11/c1-22(32(48)41-8-2-3-26(41)34(49)50)36-31(47)24-6-4-23(5-7-24)15-35-27(42)18-39-13-11-37-9-10-38-12-14-40(19-28(43)44)17-25(16-39)33(51-29(45)20-37)52-30(46)21-38/h22-26,33,49-50H,2-21H2,1H3,(H,35,42)(H,36,47)(H,43,44)/t22-,23?,24?,25?,26+,33?/m1/s1. The molecule has 0 aromatic heterocycles. The second-order valence-corrected chi connectivity index (χ2v) is 14.9. The Morgan fingerprint density at radius 1 is 0.827 bits per heavy atom. The molecule has 0 aromatic rings. The number of esters is 2. The number of fused-ring (bicyclic) bond motifs is 6. The maximum Gasteiger partial charge on any atom is 0.475 e. The highest BCUT2D eigenvalue weighted by molar-refractivity contribution is 6.43. The molecular weight excluding hydrogens is 681 g/mol. The average molecular weight is 736 g/mol. The molecule has 3 bridgehead atoms. The molecule has 5 rings (SSSR count). The summed E-state index contributed by atoms with van der Waals surface area (Å²) in [5.74, 6) is -4.14. The van der Waals surface area contributed by atoms with Gasteiger partial charge < -0.3 is 40.2 Å². The van der Waals surface area contributed by atoms with E-state index in [9.17, 15) is 43.9 Å².